The lowest BCUT2D eigenvalue weighted by Gasteiger charge is -2.32. The molecule has 0 spiro atoms. The van der Waals surface area contributed by atoms with Gasteiger partial charge < -0.3 is 20.3 Å². The Morgan fingerprint density at radius 2 is 1.81 bits per heavy atom. The molecule has 36 heavy (non-hydrogen) atoms. The van der Waals surface area contributed by atoms with Gasteiger partial charge in [0.25, 0.3) is 5.91 Å². The van der Waals surface area contributed by atoms with Crippen LogP contribution in [0.1, 0.15) is 45.0 Å². The molecule has 2 aromatic carbocycles. The number of anilines is 2. The zero-order chi connectivity index (χ0) is 24.6. The summed E-state index contributed by atoms with van der Waals surface area (Å²) in [5.74, 6) is -0.476. The molecule has 1 aliphatic heterocycles. The smallest absolute Gasteiger partial charge is 0.341 e. The molecule has 1 amide bonds. The zero-order valence-corrected chi connectivity index (χ0v) is 19.4. The molecule has 0 saturated carbocycles. The number of piperidine rings is 1. The van der Waals surface area contributed by atoms with E-state index in [-0.39, 0.29) is 17.1 Å². The van der Waals surface area contributed by atoms with Crippen molar-refractivity contribution in [2.24, 2.45) is 0 Å². The molecule has 6 rings (SSSR count). The number of likely N-dealkylation sites (tertiary alicyclic amines) is 1. The van der Waals surface area contributed by atoms with Gasteiger partial charge in [-0.1, -0.05) is 30.3 Å². The van der Waals surface area contributed by atoms with Crippen molar-refractivity contribution >= 4 is 39.9 Å². The first kappa shape index (κ1) is 21.8. The number of hydrogen-bond donors (Lipinski definition) is 3. The third-order valence-electron chi connectivity index (χ3n) is 6.86. The van der Waals surface area contributed by atoms with E-state index in [2.05, 4.69) is 32.5 Å². The number of aromatic nitrogens is 4. The number of H-pyrrole nitrogens is 1. The maximum Gasteiger partial charge on any atom is 0.341 e. The van der Waals surface area contributed by atoms with Crippen LogP contribution in [0.25, 0.3) is 16.6 Å². The fraction of sp³-hybridized carbons (Fsp3) is 0.185. The first-order valence-electron chi connectivity index (χ1n) is 11.9. The molecule has 0 bridgehead atoms. The molecule has 0 atom stereocenters. The van der Waals surface area contributed by atoms with E-state index in [1.165, 1.54) is 22.5 Å². The number of carboxylic acids is 1. The van der Waals surface area contributed by atoms with Crippen molar-refractivity contribution in [1.82, 2.24) is 24.5 Å². The van der Waals surface area contributed by atoms with Crippen molar-refractivity contribution in [1.29, 1.82) is 0 Å². The maximum absolute atomic E-state index is 13.7. The van der Waals surface area contributed by atoms with Crippen molar-refractivity contribution in [2.45, 2.75) is 18.8 Å². The summed E-state index contributed by atoms with van der Waals surface area (Å²) in [4.78, 5) is 34.7. The minimum absolute atomic E-state index is 0.0261. The second kappa shape index (κ2) is 8.84. The standard InChI is InChI=1S/C27H24N6O3/c34-26(32-12-9-18(10-13-32)17-4-2-1-3-5-17)21-15-29-24-22(27(35)36)16-30-33(24)25(21)31-20-6-7-23-19(14-20)8-11-28-23/h1-8,11,14-16,18,28,31H,9-10,12-13H2,(H,35,36). The highest BCUT2D eigenvalue weighted by Crippen LogP contribution is 2.31. The minimum atomic E-state index is -1.13. The van der Waals surface area contributed by atoms with Crippen LogP contribution in [-0.4, -0.2) is 54.6 Å². The summed E-state index contributed by atoms with van der Waals surface area (Å²) in [7, 11) is 0. The Balaban J connectivity index is 1.34. The summed E-state index contributed by atoms with van der Waals surface area (Å²) in [6.45, 7) is 1.26. The van der Waals surface area contributed by atoms with Crippen molar-refractivity contribution in [3.63, 3.8) is 0 Å². The average Bonchev–Trinajstić information content (AvgIpc) is 3.56. The second-order valence-corrected chi connectivity index (χ2v) is 9.00. The lowest BCUT2D eigenvalue weighted by atomic mass is 9.89. The van der Waals surface area contributed by atoms with Crippen LogP contribution in [0.3, 0.4) is 0 Å². The number of rotatable bonds is 5. The van der Waals surface area contributed by atoms with Crippen LogP contribution >= 0.6 is 0 Å². The van der Waals surface area contributed by atoms with Crippen molar-refractivity contribution in [3.8, 4) is 0 Å². The first-order chi connectivity index (χ1) is 17.6. The van der Waals surface area contributed by atoms with E-state index in [0.29, 0.717) is 30.4 Å². The van der Waals surface area contributed by atoms with Crippen LogP contribution in [-0.2, 0) is 0 Å². The maximum atomic E-state index is 13.7. The fourth-order valence-corrected chi connectivity index (χ4v) is 4.94. The van der Waals surface area contributed by atoms with Gasteiger partial charge in [-0.25, -0.2) is 9.78 Å². The molecule has 5 aromatic rings. The quantitative estimate of drug-likeness (QED) is 0.337. The van der Waals surface area contributed by atoms with Gasteiger partial charge in [-0.15, -0.1) is 0 Å². The molecule has 1 saturated heterocycles. The molecule has 4 heterocycles. The Morgan fingerprint density at radius 1 is 1.00 bits per heavy atom. The molecular formula is C27H24N6O3. The number of amides is 1. The van der Waals surface area contributed by atoms with Gasteiger partial charge in [0.2, 0.25) is 0 Å². The topological polar surface area (TPSA) is 116 Å². The van der Waals surface area contributed by atoms with E-state index in [4.69, 9.17) is 0 Å². The lowest BCUT2D eigenvalue weighted by molar-refractivity contribution is 0.0695. The normalized spacial score (nSPS) is 14.4. The number of carbonyl (C=O) groups is 2. The summed E-state index contributed by atoms with van der Waals surface area (Å²) in [6, 6.07) is 18.1. The van der Waals surface area contributed by atoms with Crippen LogP contribution in [0, 0.1) is 0 Å². The number of carbonyl (C=O) groups excluding carboxylic acids is 1. The summed E-state index contributed by atoms with van der Waals surface area (Å²) in [5.41, 5.74) is 3.53. The number of aromatic amines is 1. The van der Waals surface area contributed by atoms with Crippen molar-refractivity contribution in [3.05, 3.63) is 89.9 Å². The Bertz CT molecular complexity index is 1580. The van der Waals surface area contributed by atoms with Crippen LogP contribution < -0.4 is 5.32 Å². The highest BCUT2D eigenvalue weighted by Gasteiger charge is 2.28. The van der Waals surface area contributed by atoms with Gasteiger partial charge in [-0.05, 0) is 48.6 Å². The molecule has 1 fully saturated rings. The molecule has 0 unspecified atom stereocenters. The van der Waals surface area contributed by atoms with Gasteiger partial charge in [-0.2, -0.15) is 9.61 Å². The monoisotopic (exact) mass is 480 g/mol. The summed E-state index contributed by atoms with van der Waals surface area (Å²) in [6.07, 6.45) is 6.32. The fourth-order valence-electron chi connectivity index (χ4n) is 4.94. The predicted octanol–water partition coefficient (Wildman–Crippen LogP) is 4.67. The molecule has 0 radical (unpaired) electrons. The number of aromatic carboxylic acids is 1. The second-order valence-electron chi connectivity index (χ2n) is 9.00. The van der Waals surface area contributed by atoms with E-state index in [1.54, 1.807) is 0 Å². The molecule has 3 N–H and O–H groups in total. The van der Waals surface area contributed by atoms with Crippen LogP contribution in [0.4, 0.5) is 11.5 Å². The lowest BCUT2D eigenvalue weighted by Crippen LogP contribution is -2.38. The van der Waals surface area contributed by atoms with E-state index in [1.807, 2.05) is 53.6 Å². The van der Waals surface area contributed by atoms with E-state index < -0.39 is 5.97 Å². The summed E-state index contributed by atoms with van der Waals surface area (Å²) in [5, 5.41) is 18.1. The van der Waals surface area contributed by atoms with Crippen molar-refractivity contribution in [2.75, 3.05) is 18.4 Å². The molecule has 0 aliphatic carbocycles. The molecule has 1 aliphatic rings. The average molecular weight is 481 g/mol. The zero-order valence-electron chi connectivity index (χ0n) is 19.4. The molecule has 9 nitrogen and oxygen atoms in total. The van der Waals surface area contributed by atoms with Crippen LogP contribution in [0.15, 0.2) is 73.2 Å². The van der Waals surface area contributed by atoms with Gasteiger partial charge in [0.1, 0.15) is 16.9 Å². The largest absolute Gasteiger partial charge is 0.477 e. The number of nitrogens with one attached hydrogen (secondary N) is 2. The SMILES string of the molecule is O=C(O)c1cnn2c(Nc3ccc4[nH]ccc4c3)c(C(=O)N3CCC(c4ccccc4)CC3)cnc12. The molecule has 3 aromatic heterocycles. The Hall–Kier alpha value is -4.66. The number of carboxylic acid groups (broad SMARTS) is 1. The highest BCUT2D eigenvalue weighted by atomic mass is 16.4. The van der Waals surface area contributed by atoms with Gasteiger partial charge in [-0.3, -0.25) is 4.79 Å². The van der Waals surface area contributed by atoms with Gasteiger partial charge in [0, 0.05) is 42.1 Å². The minimum Gasteiger partial charge on any atom is -0.477 e. The predicted molar refractivity (Wildman–Crippen MR) is 136 cm³/mol. The molecule has 180 valence electrons. The number of nitrogens with zero attached hydrogens (tertiary/aromatic N) is 4. The van der Waals surface area contributed by atoms with Crippen molar-refractivity contribution < 1.29 is 14.7 Å². The number of hydrogen-bond acceptors (Lipinski definition) is 5. The Kier molecular flexibility index (Phi) is 5.37. The van der Waals surface area contributed by atoms with Crippen LogP contribution in [0.5, 0.6) is 0 Å². The number of benzene rings is 2. The Labute approximate surface area is 206 Å². The number of fused-ring (bicyclic) bond motifs is 2. The van der Waals surface area contributed by atoms with Crippen LogP contribution in [0.2, 0.25) is 0 Å². The summed E-state index contributed by atoms with van der Waals surface area (Å²) >= 11 is 0. The highest BCUT2D eigenvalue weighted by molar-refractivity contribution is 6.01. The first-order valence-corrected chi connectivity index (χ1v) is 11.9. The van der Waals surface area contributed by atoms with Gasteiger partial charge >= 0.3 is 5.97 Å². The Morgan fingerprint density at radius 3 is 2.58 bits per heavy atom. The molecular weight excluding hydrogens is 456 g/mol. The van der Waals surface area contributed by atoms with Gasteiger partial charge in [0.15, 0.2) is 5.65 Å². The third-order valence-corrected chi connectivity index (χ3v) is 6.86. The van der Waals surface area contributed by atoms with E-state index in [9.17, 15) is 14.7 Å². The van der Waals surface area contributed by atoms with E-state index in [0.717, 1.165) is 29.4 Å². The molecule has 9 heteroatoms. The van der Waals surface area contributed by atoms with E-state index >= 15 is 0 Å². The summed E-state index contributed by atoms with van der Waals surface area (Å²) < 4.78 is 1.40. The van der Waals surface area contributed by atoms with Gasteiger partial charge in [0.05, 0.1) is 6.20 Å². The third kappa shape index (κ3) is 3.84.